The second-order valence-corrected chi connectivity index (χ2v) is 6.89. The Hall–Kier alpha value is -2.34. The van der Waals surface area contributed by atoms with Gasteiger partial charge in [-0.3, -0.25) is 0 Å². The molecule has 25 heavy (non-hydrogen) atoms. The van der Waals surface area contributed by atoms with E-state index in [0.29, 0.717) is 23.2 Å². The van der Waals surface area contributed by atoms with E-state index in [1.807, 2.05) is 30.4 Å². The number of rotatable bonds is 8. The molecule has 0 atom stereocenters. The van der Waals surface area contributed by atoms with Crippen molar-refractivity contribution in [3.63, 3.8) is 0 Å². The molecule has 1 heterocycles. The molecule has 0 saturated carbocycles. The molecule has 0 spiro atoms. The van der Waals surface area contributed by atoms with E-state index in [2.05, 4.69) is 23.6 Å². The van der Waals surface area contributed by atoms with Gasteiger partial charge in [0.05, 0.1) is 27.0 Å². The highest BCUT2D eigenvalue weighted by molar-refractivity contribution is 7.14. The highest BCUT2D eigenvalue weighted by atomic mass is 32.1. The highest BCUT2D eigenvalue weighted by Crippen LogP contribution is 2.29. The number of aromatic nitrogens is 1. The summed E-state index contributed by atoms with van der Waals surface area (Å²) in [5.74, 6) is 1.66. The Morgan fingerprint density at radius 1 is 1.24 bits per heavy atom. The van der Waals surface area contributed by atoms with Crippen molar-refractivity contribution in [2.24, 2.45) is 5.92 Å². The Bertz CT molecular complexity index is 737. The first-order valence-corrected chi connectivity index (χ1v) is 8.88. The molecule has 134 valence electrons. The van der Waals surface area contributed by atoms with Crippen LogP contribution in [0.25, 0.3) is 12.2 Å². The van der Waals surface area contributed by atoms with Crippen molar-refractivity contribution < 1.29 is 19.0 Å². The van der Waals surface area contributed by atoms with Crippen molar-refractivity contribution in [3.8, 4) is 11.5 Å². The number of benzene rings is 1. The van der Waals surface area contributed by atoms with Crippen LogP contribution in [0.4, 0.5) is 0 Å². The summed E-state index contributed by atoms with van der Waals surface area (Å²) in [7, 11) is 2.98. The zero-order valence-electron chi connectivity index (χ0n) is 14.9. The predicted octanol–water partition coefficient (Wildman–Crippen LogP) is 4.53. The third kappa shape index (κ3) is 5.60. The lowest BCUT2D eigenvalue weighted by Gasteiger charge is -2.12. The SMILES string of the molecule is COC(=O)c1cnc(/C=C/c2ccc(OCCC(C)C)c(OC)c2)s1. The van der Waals surface area contributed by atoms with Gasteiger partial charge in [0.25, 0.3) is 0 Å². The molecule has 5 nitrogen and oxygen atoms in total. The normalized spacial score (nSPS) is 11.1. The summed E-state index contributed by atoms with van der Waals surface area (Å²) in [5.41, 5.74) is 0.961. The standard InChI is InChI=1S/C19H23NO4S/c1-13(2)9-10-24-15-7-5-14(11-16(15)22-3)6-8-18-20-12-17(25-18)19(21)23-4/h5-8,11-13H,9-10H2,1-4H3/b8-6+. The van der Waals surface area contributed by atoms with E-state index in [-0.39, 0.29) is 5.97 Å². The highest BCUT2D eigenvalue weighted by Gasteiger charge is 2.09. The van der Waals surface area contributed by atoms with Gasteiger partial charge in [-0.15, -0.1) is 11.3 Å². The zero-order chi connectivity index (χ0) is 18.2. The van der Waals surface area contributed by atoms with Crippen LogP contribution in [-0.4, -0.2) is 31.8 Å². The van der Waals surface area contributed by atoms with Crippen LogP contribution in [-0.2, 0) is 4.74 Å². The molecule has 0 aliphatic rings. The van der Waals surface area contributed by atoms with Crippen LogP contribution in [0.2, 0.25) is 0 Å². The minimum atomic E-state index is -0.373. The molecule has 0 aliphatic carbocycles. The molecule has 2 rings (SSSR count). The summed E-state index contributed by atoms with van der Waals surface area (Å²) in [4.78, 5) is 16.1. The van der Waals surface area contributed by atoms with E-state index in [4.69, 9.17) is 9.47 Å². The van der Waals surface area contributed by atoms with E-state index >= 15 is 0 Å². The molecule has 0 bridgehead atoms. The average molecular weight is 361 g/mol. The number of carbonyl (C=O) groups excluding carboxylic acids is 1. The van der Waals surface area contributed by atoms with Crippen molar-refractivity contribution in [2.75, 3.05) is 20.8 Å². The topological polar surface area (TPSA) is 57.7 Å². The smallest absolute Gasteiger partial charge is 0.349 e. The fourth-order valence-electron chi connectivity index (χ4n) is 2.04. The summed E-state index contributed by atoms with van der Waals surface area (Å²) in [5, 5.41) is 0.733. The number of methoxy groups -OCH3 is 2. The van der Waals surface area contributed by atoms with Crippen LogP contribution >= 0.6 is 11.3 Å². The Morgan fingerprint density at radius 3 is 2.72 bits per heavy atom. The van der Waals surface area contributed by atoms with E-state index < -0.39 is 0 Å². The molecular formula is C19H23NO4S. The monoisotopic (exact) mass is 361 g/mol. The van der Waals surface area contributed by atoms with Gasteiger partial charge in [-0.05, 0) is 36.1 Å². The molecule has 0 fully saturated rings. The van der Waals surface area contributed by atoms with Crippen molar-refractivity contribution in [2.45, 2.75) is 20.3 Å². The van der Waals surface area contributed by atoms with Crippen LogP contribution in [0.15, 0.2) is 24.4 Å². The van der Waals surface area contributed by atoms with Crippen LogP contribution < -0.4 is 9.47 Å². The van der Waals surface area contributed by atoms with Gasteiger partial charge in [0.15, 0.2) is 11.5 Å². The Balaban J connectivity index is 2.06. The predicted molar refractivity (Wildman–Crippen MR) is 100 cm³/mol. The van der Waals surface area contributed by atoms with Gasteiger partial charge in [0.2, 0.25) is 0 Å². The molecule has 1 aromatic heterocycles. The van der Waals surface area contributed by atoms with Crippen LogP contribution in [0.5, 0.6) is 11.5 Å². The van der Waals surface area contributed by atoms with Gasteiger partial charge >= 0.3 is 5.97 Å². The van der Waals surface area contributed by atoms with E-state index in [1.54, 1.807) is 7.11 Å². The maximum absolute atomic E-state index is 11.4. The first-order valence-electron chi connectivity index (χ1n) is 8.06. The maximum atomic E-state index is 11.4. The summed E-state index contributed by atoms with van der Waals surface area (Å²) in [6.45, 7) is 5.00. The third-order valence-corrected chi connectivity index (χ3v) is 4.41. The van der Waals surface area contributed by atoms with Crippen molar-refractivity contribution in [3.05, 3.63) is 39.8 Å². The molecule has 0 aliphatic heterocycles. The lowest BCUT2D eigenvalue weighted by molar-refractivity contribution is 0.0606. The van der Waals surface area contributed by atoms with Crippen molar-refractivity contribution in [1.29, 1.82) is 0 Å². The number of hydrogen-bond acceptors (Lipinski definition) is 6. The summed E-state index contributed by atoms with van der Waals surface area (Å²) in [6.07, 6.45) is 6.28. The molecule has 0 radical (unpaired) electrons. The fraction of sp³-hybridized carbons (Fsp3) is 0.368. The van der Waals surface area contributed by atoms with Gasteiger partial charge in [-0.2, -0.15) is 0 Å². The largest absolute Gasteiger partial charge is 0.493 e. The van der Waals surface area contributed by atoms with Gasteiger partial charge in [-0.1, -0.05) is 26.0 Å². The van der Waals surface area contributed by atoms with Gasteiger partial charge in [0, 0.05) is 0 Å². The van der Waals surface area contributed by atoms with Crippen LogP contribution in [0.3, 0.4) is 0 Å². The Kier molecular flexibility index (Phi) is 7.01. The van der Waals surface area contributed by atoms with Crippen molar-refractivity contribution in [1.82, 2.24) is 4.98 Å². The van der Waals surface area contributed by atoms with E-state index in [9.17, 15) is 4.79 Å². The lowest BCUT2D eigenvalue weighted by Crippen LogP contribution is -2.02. The maximum Gasteiger partial charge on any atom is 0.349 e. The van der Waals surface area contributed by atoms with E-state index in [1.165, 1.54) is 24.6 Å². The lowest BCUT2D eigenvalue weighted by atomic mass is 10.1. The zero-order valence-corrected chi connectivity index (χ0v) is 15.8. The third-order valence-electron chi connectivity index (χ3n) is 3.47. The first kappa shape index (κ1) is 19.0. The Labute approximate surface area is 152 Å². The molecule has 0 unspecified atom stereocenters. The molecule has 2 aromatic rings. The molecule has 1 aromatic carbocycles. The second kappa shape index (κ2) is 9.22. The van der Waals surface area contributed by atoms with Gasteiger partial charge in [-0.25, -0.2) is 9.78 Å². The molecular weight excluding hydrogens is 338 g/mol. The quantitative estimate of drug-likeness (QED) is 0.646. The number of ether oxygens (including phenoxy) is 3. The molecule has 0 N–H and O–H groups in total. The second-order valence-electron chi connectivity index (χ2n) is 5.83. The average Bonchev–Trinajstić information content (AvgIpc) is 3.08. The number of thiazole rings is 1. The number of hydrogen-bond donors (Lipinski definition) is 0. The summed E-state index contributed by atoms with van der Waals surface area (Å²) in [6, 6.07) is 5.77. The van der Waals surface area contributed by atoms with Crippen molar-refractivity contribution >= 4 is 29.5 Å². The first-order chi connectivity index (χ1) is 12.0. The van der Waals surface area contributed by atoms with Crippen LogP contribution in [0, 0.1) is 5.92 Å². The van der Waals surface area contributed by atoms with Gasteiger partial charge in [0.1, 0.15) is 9.88 Å². The minimum absolute atomic E-state index is 0.373. The Morgan fingerprint density at radius 2 is 2.04 bits per heavy atom. The molecule has 0 saturated heterocycles. The summed E-state index contributed by atoms with van der Waals surface area (Å²) < 4.78 is 15.9. The van der Waals surface area contributed by atoms with Crippen LogP contribution in [0.1, 0.15) is 40.5 Å². The number of carbonyl (C=O) groups is 1. The fourth-order valence-corrected chi connectivity index (χ4v) is 2.78. The molecule has 0 amide bonds. The molecule has 6 heteroatoms. The van der Waals surface area contributed by atoms with E-state index in [0.717, 1.165) is 22.7 Å². The minimum Gasteiger partial charge on any atom is -0.493 e. The summed E-state index contributed by atoms with van der Waals surface area (Å²) >= 11 is 1.28. The van der Waals surface area contributed by atoms with Gasteiger partial charge < -0.3 is 14.2 Å². The number of esters is 1. The number of nitrogens with zero attached hydrogens (tertiary/aromatic N) is 1.